The van der Waals surface area contributed by atoms with Crippen molar-refractivity contribution in [3.8, 4) is 0 Å². The van der Waals surface area contributed by atoms with E-state index in [-0.39, 0.29) is 10.6 Å². The lowest BCUT2D eigenvalue weighted by Crippen LogP contribution is -2.19. The topological polar surface area (TPSA) is 104 Å². The highest BCUT2D eigenvalue weighted by Gasteiger charge is 2.11. The third-order valence-corrected chi connectivity index (χ3v) is 3.25. The molecule has 3 N–H and O–H groups in total. The minimum Gasteiger partial charge on any atom is -0.478 e. The number of carboxylic acids is 1. The van der Waals surface area contributed by atoms with Crippen LogP contribution in [0.5, 0.6) is 0 Å². The van der Waals surface area contributed by atoms with E-state index in [0.717, 1.165) is 11.5 Å². The third-order valence-electron chi connectivity index (χ3n) is 2.20. The largest absolute Gasteiger partial charge is 0.478 e. The lowest BCUT2D eigenvalue weighted by Gasteiger charge is -2.07. The summed E-state index contributed by atoms with van der Waals surface area (Å²) >= 11 is 6.79. The molecule has 0 saturated carbocycles. The molecule has 1 aromatic heterocycles. The number of amides is 2. The van der Waals surface area contributed by atoms with E-state index in [9.17, 15) is 9.59 Å². The Kier molecular flexibility index (Phi) is 4.16. The number of nitrogens with one attached hydrogen (secondary N) is 2. The maximum Gasteiger partial charge on any atom is 0.337 e. The van der Waals surface area contributed by atoms with Gasteiger partial charge in [-0.1, -0.05) is 11.6 Å². The number of carbonyl (C=O) groups excluding carboxylic acids is 1. The first-order chi connectivity index (χ1) is 9.45. The molecular formula is C11H9ClN4O3S. The fourth-order valence-electron chi connectivity index (χ4n) is 1.37. The van der Waals surface area contributed by atoms with Crippen LogP contribution < -0.4 is 10.6 Å². The molecule has 1 heterocycles. The number of benzene rings is 1. The monoisotopic (exact) mass is 312 g/mol. The van der Waals surface area contributed by atoms with Gasteiger partial charge >= 0.3 is 12.0 Å². The van der Waals surface area contributed by atoms with Gasteiger partial charge in [0.05, 0.1) is 10.6 Å². The van der Waals surface area contributed by atoms with Crippen LogP contribution in [0, 0.1) is 6.92 Å². The van der Waals surface area contributed by atoms with Gasteiger partial charge in [-0.25, -0.2) is 14.6 Å². The molecule has 2 amide bonds. The number of carboxylic acid groups (broad SMARTS) is 1. The number of halogens is 1. The van der Waals surface area contributed by atoms with E-state index in [1.165, 1.54) is 18.2 Å². The molecule has 0 saturated heterocycles. The van der Waals surface area contributed by atoms with Crippen LogP contribution in [0.3, 0.4) is 0 Å². The van der Waals surface area contributed by atoms with Gasteiger partial charge in [-0.3, -0.25) is 5.32 Å². The molecular weight excluding hydrogens is 304 g/mol. The van der Waals surface area contributed by atoms with E-state index in [0.29, 0.717) is 16.6 Å². The SMILES string of the molecule is Cc1nsc(NC(=O)Nc2ccc(Cl)c(C(=O)O)c2)n1. The van der Waals surface area contributed by atoms with Gasteiger partial charge in [-0.2, -0.15) is 4.37 Å². The van der Waals surface area contributed by atoms with Gasteiger partial charge in [0.25, 0.3) is 0 Å². The molecule has 0 radical (unpaired) electrons. The van der Waals surface area contributed by atoms with E-state index < -0.39 is 12.0 Å². The summed E-state index contributed by atoms with van der Waals surface area (Å²) in [4.78, 5) is 26.6. The predicted molar refractivity (Wildman–Crippen MR) is 75.7 cm³/mol. The van der Waals surface area contributed by atoms with Crippen LogP contribution >= 0.6 is 23.1 Å². The Morgan fingerprint density at radius 3 is 2.70 bits per heavy atom. The highest BCUT2D eigenvalue weighted by molar-refractivity contribution is 7.09. The molecule has 0 spiro atoms. The number of hydrogen-bond acceptors (Lipinski definition) is 5. The highest BCUT2D eigenvalue weighted by Crippen LogP contribution is 2.21. The summed E-state index contributed by atoms with van der Waals surface area (Å²) in [6.07, 6.45) is 0. The molecule has 0 aliphatic carbocycles. The van der Waals surface area contributed by atoms with E-state index in [4.69, 9.17) is 16.7 Å². The zero-order chi connectivity index (χ0) is 14.7. The van der Waals surface area contributed by atoms with E-state index >= 15 is 0 Å². The number of urea groups is 1. The van der Waals surface area contributed by atoms with Gasteiger partial charge < -0.3 is 10.4 Å². The van der Waals surface area contributed by atoms with Gasteiger partial charge in [0.2, 0.25) is 5.13 Å². The summed E-state index contributed by atoms with van der Waals surface area (Å²) < 4.78 is 3.92. The highest BCUT2D eigenvalue weighted by atomic mass is 35.5. The van der Waals surface area contributed by atoms with Gasteiger partial charge in [0.15, 0.2) is 0 Å². The smallest absolute Gasteiger partial charge is 0.337 e. The number of aryl methyl sites for hydroxylation is 1. The van der Waals surface area contributed by atoms with Crippen molar-refractivity contribution in [1.29, 1.82) is 0 Å². The molecule has 1 aromatic carbocycles. The van der Waals surface area contributed by atoms with E-state index in [1.807, 2.05) is 0 Å². The maximum atomic E-state index is 11.7. The Labute approximate surface area is 122 Å². The van der Waals surface area contributed by atoms with Gasteiger partial charge in [-0.15, -0.1) is 0 Å². The molecule has 9 heteroatoms. The van der Waals surface area contributed by atoms with Crippen LogP contribution in [0.25, 0.3) is 0 Å². The number of aromatic carboxylic acids is 1. The lowest BCUT2D eigenvalue weighted by atomic mass is 10.2. The minimum atomic E-state index is -1.17. The molecule has 0 atom stereocenters. The van der Waals surface area contributed by atoms with Crippen LogP contribution in [0.4, 0.5) is 15.6 Å². The minimum absolute atomic E-state index is 0.0868. The summed E-state index contributed by atoms with van der Waals surface area (Å²) in [5.74, 6) is -0.608. The average Bonchev–Trinajstić information content (AvgIpc) is 2.76. The Bertz CT molecular complexity index is 673. The molecule has 2 aromatic rings. The van der Waals surface area contributed by atoms with Crippen molar-refractivity contribution in [2.75, 3.05) is 10.6 Å². The van der Waals surface area contributed by atoms with Crippen molar-refractivity contribution in [1.82, 2.24) is 9.36 Å². The van der Waals surface area contributed by atoms with Crippen LogP contribution in [0.1, 0.15) is 16.2 Å². The number of rotatable bonds is 3. The van der Waals surface area contributed by atoms with Crippen LogP contribution in [-0.2, 0) is 0 Å². The Morgan fingerprint density at radius 2 is 2.10 bits per heavy atom. The first kappa shape index (κ1) is 14.2. The van der Waals surface area contributed by atoms with Crippen molar-refractivity contribution in [2.45, 2.75) is 6.92 Å². The molecule has 0 fully saturated rings. The summed E-state index contributed by atoms with van der Waals surface area (Å²) in [5, 5.41) is 14.4. The Balaban J connectivity index is 2.08. The second-order valence-electron chi connectivity index (χ2n) is 3.73. The van der Waals surface area contributed by atoms with Crippen LogP contribution in [0.15, 0.2) is 18.2 Å². The zero-order valence-electron chi connectivity index (χ0n) is 10.2. The zero-order valence-corrected chi connectivity index (χ0v) is 11.7. The first-order valence-electron chi connectivity index (χ1n) is 5.37. The summed E-state index contributed by atoms with van der Waals surface area (Å²) in [6.45, 7) is 1.71. The molecule has 0 aliphatic heterocycles. The first-order valence-corrected chi connectivity index (χ1v) is 6.52. The quantitative estimate of drug-likeness (QED) is 0.808. The van der Waals surface area contributed by atoms with Crippen molar-refractivity contribution in [2.24, 2.45) is 0 Å². The van der Waals surface area contributed by atoms with E-state index in [1.54, 1.807) is 6.92 Å². The third kappa shape index (κ3) is 3.43. The molecule has 2 rings (SSSR count). The van der Waals surface area contributed by atoms with Crippen molar-refractivity contribution in [3.05, 3.63) is 34.6 Å². The second-order valence-corrected chi connectivity index (χ2v) is 4.88. The number of hydrogen-bond donors (Lipinski definition) is 3. The molecule has 0 bridgehead atoms. The van der Waals surface area contributed by atoms with Crippen LogP contribution in [-0.4, -0.2) is 26.5 Å². The molecule has 20 heavy (non-hydrogen) atoms. The van der Waals surface area contributed by atoms with E-state index in [2.05, 4.69) is 20.0 Å². The summed E-state index contributed by atoms with van der Waals surface area (Å²) in [6, 6.07) is 3.63. The van der Waals surface area contributed by atoms with Gasteiger partial charge in [-0.05, 0) is 25.1 Å². The molecule has 7 nitrogen and oxygen atoms in total. The van der Waals surface area contributed by atoms with Crippen molar-refractivity contribution >= 4 is 46.0 Å². The van der Waals surface area contributed by atoms with Gasteiger partial charge in [0.1, 0.15) is 5.82 Å². The summed E-state index contributed by atoms with van der Waals surface area (Å²) in [5.41, 5.74) is 0.224. The average molecular weight is 313 g/mol. The number of anilines is 2. The Hall–Kier alpha value is -2.19. The molecule has 104 valence electrons. The number of aromatic nitrogens is 2. The van der Waals surface area contributed by atoms with Crippen molar-refractivity contribution in [3.63, 3.8) is 0 Å². The fourth-order valence-corrected chi connectivity index (χ4v) is 2.14. The molecule has 0 unspecified atom stereocenters. The Morgan fingerprint density at radius 1 is 1.35 bits per heavy atom. The number of nitrogens with zero attached hydrogens (tertiary/aromatic N) is 2. The lowest BCUT2D eigenvalue weighted by molar-refractivity contribution is 0.0697. The standard InChI is InChI=1S/C11H9ClN4O3S/c1-5-13-11(20-16-5)15-10(19)14-6-2-3-8(12)7(4-6)9(17)18/h2-4H,1H3,(H,17,18)(H2,13,14,15,16,19). The normalized spacial score (nSPS) is 10.1. The fraction of sp³-hybridized carbons (Fsp3) is 0.0909. The van der Waals surface area contributed by atoms with Crippen LogP contribution in [0.2, 0.25) is 5.02 Å². The summed E-state index contributed by atoms with van der Waals surface area (Å²) in [7, 11) is 0. The second kappa shape index (κ2) is 5.85. The predicted octanol–water partition coefficient (Wildman–Crippen LogP) is 2.84. The number of carbonyl (C=O) groups is 2. The van der Waals surface area contributed by atoms with Crippen molar-refractivity contribution < 1.29 is 14.7 Å². The van der Waals surface area contributed by atoms with Gasteiger partial charge in [0, 0.05) is 17.2 Å². The molecule has 0 aliphatic rings. The maximum absolute atomic E-state index is 11.7.